The van der Waals surface area contributed by atoms with Crippen molar-refractivity contribution in [2.24, 2.45) is 0 Å². The van der Waals surface area contributed by atoms with Gasteiger partial charge < -0.3 is 5.11 Å². The van der Waals surface area contributed by atoms with Gasteiger partial charge >= 0.3 is 0 Å². The van der Waals surface area contributed by atoms with Crippen LogP contribution in [0.25, 0.3) is 6.08 Å². The first-order chi connectivity index (χ1) is 5.83. The Morgan fingerprint density at radius 1 is 1.33 bits per heavy atom. The fraction of sp³-hybridized carbons (Fsp3) is 0.200. The van der Waals surface area contributed by atoms with E-state index in [2.05, 4.69) is 0 Å². The minimum absolute atomic E-state index is 0.733. The summed E-state index contributed by atoms with van der Waals surface area (Å²) in [7, 11) is 0. The molecule has 1 N–H and O–H groups in total. The summed E-state index contributed by atoms with van der Waals surface area (Å²) >= 11 is 0. The summed E-state index contributed by atoms with van der Waals surface area (Å²) in [5.41, 5.74) is 0.963. The van der Waals surface area contributed by atoms with E-state index in [1.807, 2.05) is 30.3 Å². The Balaban J connectivity index is 2.58. The molecule has 0 radical (unpaired) electrons. The SMILES string of the molecule is O[C@@H](C=Cc1ccccc1)CF. The third kappa shape index (κ3) is 2.84. The average molecular weight is 166 g/mol. The Kier molecular flexibility index (Phi) is 3.48. The molecule has 1 atom stereocenters. The van der Waals surface area contributed by atoms with Gasteiger partial charge in [-0.25, -0.2) is 4.39 Å². The number of hydrogen-bond acceptors (Lipinski definition) is 1. The molecule has 0 unspecified atom stereocenters. The zero-order chi connectivity index (χ0) is 8.81. The molecule has 0 fully saturated rings. The highest BCUT2D eigenvalue weighted by Crippen LogP contribution is 2.01. The lowest BCUT2D eigenvalue weighted by Crippen LogP contribution is -2.02. The van der Waals surface area contributed by atoms with Gasteiger partial charge in [-0.15, -0.1) is 0 Å². The van der Waals surface area contributed by atoms with E-state index in [-0.39, 0.29) is 0 Å². The van der Waals surface area contributed by atoms with Crippen LogP contribution in [0.3, 0.4) is 0 Å². The number of aliphatic hydroxyl groups excluding tert-OH is 1. The molecule has 0 saturated heterocycles. The molecule has 0 amide bonds. The summed E-state index contributed by atoms with van der Waals surface area (Å²) in [6, 6.07) is 9.47. The van der Waals surface area contributed by atoms with Crippen LogP contribution in [0.2, 0.25) is 0 Å². The summed E-state index contributed by atoms with van der Waals surface area (Å²) in [5, 5.41) is 8.86. The third-order valence-electron chi connectivity index (χ3n) is 1.47. The maximum Gasteiger partial charge on any atom is 0.119 e. The average Bonchev–Trinajstić information content (AvgIpc) is 2.16. The van der Waals surface area contributed by atoms with Crippen molar-refractivity contribution in [2.45, 2.75) is 6.10 Å². The molecule has 0 aliphatic rings. The fourth-order valence-corrected chi connectivity index (χ4v) is 0.838. The van der Waals surface area contributed by atoms with Crippen LogP contribution in [-0.2, 0) is 0 Å². The van der Waals surface area contributed by atoms with Gasteiger partial charge in [-0.1, -0.05) is 42.5 Å². The van der Waals surface area contributed by atoms with Gasteiger partial charge in [0.15, 0.2) is 0 Å². The fourth-order valence-electron chi connectivity index (χ4n) is 0.838. The standard InChI is InChI=1S/C10H11FO/c11-8-10(12)7-6-9-4-2-1-3-5-9/h1-7,10,12H,8H2/t10-/m0/s1. The molecule has 0 aliphatic heterocycles. The smallest absolute Gasteiger partial charge is 0.119 e. The van der Waals surface area contributed by atoms with Gasteiger partial charge in [0.05, 0.1) is 0 Å². The Hall–Kier alpha value is -1.15. The third-order valence-corrected chi connectivity index (χ3v) is 1.47. The van der Waals surface area contributed by atoms with Gasteiger partial charge in [0.25, 0.3) is 0 Å². The first kappa shape index (κ1) is 8.94. The molecular formula is C10H11FO. The molecular weight excluding hydrogens is 155 g/mol. The molecule has 12 heavy (non-hydrogen) atoms. The molecule has 1 aromatic rings. The summed E-state index contributed by atoms with van der Waals surface area (Å²) in [6.45, 7) is -0.733. The second-order valence-corrected chi connectivity index (χ2v) is 2.49. The van der Waals surface area contributed by atoms with Crippen molar-refractivity contribution < 1.29 is 9.50 Å². The highest BCUT2D eigenvalue weighted by atomic mass is 19.1. The predicted molar refractivity (Wildman–Crippen MR) is 47.5 cm³/mol. The highest BCUT2D eigenvalue weighted by Gasteiger charge is 1.94. The van der Waals surface area contributed by atoms with Crippen molar-refractivity contribution in [1.29, 1.82) is 0 Å². The predicted octanol–water partition coefficient (Wildman–Crippen LogP) is 2.03. The van der Waals surface area contributed by atoms with Crippen LogP contribution < -0.4 is 0 Å². The molecule has 0 aliphatic carbocycles. The molecule has 0 bridgehead atoms. The minimum Gasteiger partial charge on any atom is -0.386 e. The van der Waals surface area contributed by atoms with Gasteiger partial charge in [0, 0.05) is 0 Å². The Morgan fingerprint density at radius 2 is 2.00 bits per heavy atom. The van der Waals surface area contributed by atoms with E-state index >= 15 is 0 Å². The molecule has 64 valence electrons. The van der Waals surface area contributed by atoms with E-state index in [4.69, 9.17) is 5.11 Å². The maximum atomic E-state index is 11.8. The molecule has 1 aromatic carbocycles. The lowest BCUT2D eigenvalue weighted by molar-refractivity contribution is 0.184. The Morgan fingerprint density at radius 3 is 2.58 bits per heavy atom. The summed E-state index contributed by atoms with van der Waals surface area (Å²) in [5.74, 6) is 0. The minimum atomic E-state index is -0.981. The zero-order valence-corrected chi connectivity index (χ0v) is 6.65. The maximum absolute atomic E-state index is 11.8. The lowest BCUT2D eigenvalue weighted by Gasteiger charge is -1.96. The van der Waals surface area contributed by atoms with E-state index in [1.54, 1.807) is 6.08 Å². The van der Waals surface area contributed by atoms with E-state index in [0.29, 0.717) is 0 Å². The topological polar surface area (TPSA) is 20.2 Å². The number of alkyl halides is 1. The number of benzene rings is 1. The molecule has 2 heteroatoms. The largest absolute Gasteiger partial charge is 0.386 e. The van der Waals surface area contributed by atoms with Crippen molar-refractivity contribution in [3.63, 3.8) is 0 Å². The molecule has 1 rings (SSSR count). The highest BCUT2D eigenvalue weighted by molar-refractivity contribution is 5.49. The number of halogens is 1. The molecule has 0 saturated carbocycles. The van der Waals surface area contributed by atoms with Crippen molar-refractivity contribution in [2.75, 3.05) is 6.67 Å². The molecule has 0 aromatic heterocycles. The summed E-state index contributed by atoms with van der Waals surface area (Å²) < 4.78 is 11.8. The number of hydrogen-bond donors (Lipinski definition) is 1. The number of aliphatic hydroxyl groups is 1. The van der Waals surface area contributed by atoms with Crippen LogP contribution in [0.1, 0.15) is 5.56 Å². The molecule has 1 nitrogen and oxygen atoms in total. The first-order valence-corrected chi connectivity index (χ1v) is 3.80. The first-order valence-electron chi connectivity index (χ1n) is 3.80. The van der Waals surface area contributed by atoms with Crippen LogP contribution in [0, 0.1) is 0 Å². The van der Waals surface area contributed by atoms with E-state index in [0.717, 1.165) is 5.56 Å². The van der Waals surface area contributed by atoms with Gasteiger partial charge in [-0.3, -0.25) is 0 Å². The van der Waals surface area contributed by atoms with Gasteiger partial charge in [-0.2, -0.15) is 0 Å². The van der Waals surface area contributed by atoms with Gasteiger partial charge in [0.2, 0.25) is 0 Å². The second kappa shape index (κ2) is 4.67. The summed E-state index contributed by atoms with van der Waals surface area (Å²) in [6.07, 6.45) is 2.16. The normalized spacial score (nSPS) is 13.5. The number of rotatable bonds is 3. The summed E-state index contributed by atoms with van der Waals surface area (Å²) in [4.78, 5) is 0. The van der Waals surface area contributed by atoms with E-state index in [1.165, 1.54) is 6.08 Å². The van der Waals surface area contributed by atoms with Gasteiger partial charge in [-0.05, 0) is 5.56 Å². The van der Waals surface area contributed by atoms with E-state index in [9.17, 15) is 4.39 Å². The zero-order valence-electron chi connectivity index (χ0n) is 6.65. The monoisotopic (exact) mass is 166 g/mol. The quantitative estimate of drug-likeness (QED) is 0.728. The lowest BCUT2D eigenvalue weighted by atomic mass is 10.2. The van der Waals surface area contributed by atoms with Crippen molar-refractivity contribution in [1.82, 2.24) is 0 Å². The Bertz CT molecular complexity index is 243. The molecule has 0 spiro atoms. The van der Waals surface area contributed by atoms with Crippen LogP contribution in [0.5, 0.6) is 0 Å². The van der Waals surface area contributed by atoms with Crippen molar-refractivity contribution in [3.8, 4) is 0 Å². The Labute approximate surface area is 71.2 Å². The second-order valence-electron chi connectivity index (χ2n) is 2.49. The van der Waals surface area contributed by atoms with Crippen LogP contribution in [0.4, 0.5) is 4.39 Å². The van der Waals surface area contributed by atoms with Gasteiger partial charge in [0.1, 0.15) is 12.8 Å². The molecule has 0 heterocycles. The van der Waals surface area contributed by atoms with E-state index < -0.39 is 12.8 Å². The van der Waals surface area contributed by atoms with Crippen molar-refractivity contribution in [3.05, 3.63) is 42.0 Å². The van der Waals surface area contributed by atoms with Crippen LogP contribution >= 0.6 is 0 Å². The van der Waals surface area contributed by atoms with Crippen molar-refractivity contribution >= 4 is 6.08 Å². The van der Waals surface area contributed by atoms with Crippen LogP contribution in [-0.4, -0.2) is 17.9 Å². The van der Waals surface area contributed by atoms with Crippen LogP contribution in [0.15, 0.2) is 36.4 Å².